The average Bonchev–Trinajstić information content (AvgIpc) is 2.19. The van der Waals surface area contributed by atoms with E-state index in [9.17, 15) is 4.79 Å². The summed E-state index contributed by atoms with van der Waals surface area (Å²) in [6, 6.07) is 9.54. The van der Waals surface area contributed by atoms with E-state index in [2.05, 4.69) is 0 Å². The molecule has 0 fully saturated rings. The maximum Gasteiger partial charge on any atom is 0.321 e. The molecule has 0 bridgehead atoms. The van der Waals surface area contributed by atoms with Crippen molar-refractivity contribution >= 4 is 17.6 Å². The smallest absolute Gasteiger partial charge is 0.321 e. The van der Waals surface area contributed by atoms with Crippen LogP contribution in [0.25, 0.3) is 0 Å². The van der Waals surface area contributed by atoms with Gasteiger partial charge in [0.15, 0.2) is 0 Å². The van der Waals surface area contributed by atoms with Crippen molar-refractivity contribution in [2.75, 3.05) is 5.88 Å². The molecule has 0 N–H and O–H groups in total. The molecule has 1 rings (SSSR count). The molecule has 1 atom stereocenters. The number of carbonyl (C=O) groups is 1. The first-order valence-electron chi connectivity index (χ1n) is 4.04. The molecule has 0 aliphatic rings. The lowest BCUT2D eigenvalue weighted by Crippen LogP contribution is -2.09. The first kappa shape index (κ1) is 10.1. The number of alkyl halides is 1. The Morgan fingerprint density at radius 3 is 2.62 bits per heavy atom. The van der Waals surface area contributed by atoms with Crippen LogP contribution in [0.3, 0.4) is 0 Å². The molecule has 0 heterocycles. The number of carbonyl (C=O) groups excluding carboxylic acids is 1. The van der Waals surface area contributed by atoms with Crippen LogP contribution >= 0.6 is 11.6 Å². The van der Waals surface area contributed by atoms with Gasteiger partial charge in [-0.25, -0.2) is 0 Å². The van der Waals surface area contributed by atoms with Gasteiger partial charge in [0.05, 0.1) is 0 Å². The van der Waals surface area contributed by atoms with Crippen molar-refractivity contribution in [1.82, 2.24) is 0 Å². The molecule has 70 valence electrons. The quantitative estimate of drug-likeness (QED) is 0.551. The van der Waals surface area contributed by atoms with Crippen molar-refractivity contribution in [3.8, 4) is 0 Å². The zero-order valence-electron chi connectivity index (χ0n) is 7.37. The first-order chi connectivity index (χ1) is 6.24. The van der Waals surface area contributed by atoms with Gasteiger partial charge in [0.1, 0.15) is 12.0 Å². The second kappa shape index (κ2) is 4.87. The Labute approximate surface area is 82.5 Å². The van der Waals surface area contributed by atoms with E-state index in [1.165, 1.54) is 0 Å². The van der Waals surface area contributed by atoms with E-state index in [4.69, 9.17) is 16.3 Å². The Hall–Kier alpha value is -1.02. The van der Waals surface area contributed by atoms with Gasteiger partial charge in [-0.3, -0.25) is 4.79 Å². The average molecular weight is 199 g/mol. The fourth-order valence-electron chi connectivity index (χ4n) is 1.02. The zero-order valence-corrected chi connectivity index (χ0v) is 8.12. The molecule has 3 heteroatoms. The molecule has 0 aromatic heterocycles. The number of esters is 1. The molecule has 0 spiro atoms. The summed E-state index contributed by atoms with van der Waals surface area (Å²) in [5, 5.41) is 0. The molecule has 0 unspecified atom stereocenters. The monoisotopic (exact) mass is 198 g/mol. The number of rotatable bonds is 3. The summed E-state index contributed by atoms with van der Waals surface area (Å²) in [5.41, 5.74) is 0.973. The van der Waals surface area contributed by atoms with Gasteiger partial charge in [-0.15, -0.1) is 11.6 Å². The predicted molar refractivity (Wildman–Crippen MR) is 51.7 cm³/mol. The number of hydrogen-bond acceptors (Lipinski definition) is 2. The van der Waals surface area contributed by atoms with Crippen LogP contribution in [0.4, 0.5) is 0 Å². The summed E-state index contributed by atoms with van der Waals surface area (Å²) in [6.45, 7) is 1.82. The molecule has 0 amide bonds. The summed E-state index contributed by atoms with van der Waals surface area (Å²) in [5.74, 6) is -0.491. The molecule has 0 saturated carbocycles. The van der Waals surface area contributed by atoms with E-state index in [0.717, 1.165) is 5.56 Å². The Morgan fingerprint density at radius 1 is 1.46 bits per heavy atom. The standard InChI is InChI=1S/C10H11ClO2/c1-8(13-10(12)7-11)9-5-3-2-4-6-9/h2-6,8H,7H2,1H3/t8-/m0/s1. The molecular formula is C10H11ClO2. The fourth-order valence-corrected chi connectivity index (χ4v) is 1.08. The van der Waals surface area contributed by atoms with Crippen LogP contribution in [0.15, 0.2) is 30.3 Å². The Morgan fingerprint density at radius 2 is 2.08 bits per heavy atom. The van der Waals surface area contributed by atoms with E-state index in [1.54, 1.807) is 0 Å². The third kappa shape index (κ3) is 3.07. The van der Waals surface area contributed by atoms with Gasteiger partial charge in [0.25, 0.3) is 0 Å². The topological polar surface area (TPSA) is 26.3 Å². The van der Waals surface area contributed by atoms with Crippen molar-refractivity contribution in [2.45, 2.75) is 13.0 Å². The third-order valence-corrected chi connectivity index (χ3v) is 1.90. The zero-order chi connectivity index (χ0) is 9.68. The summed E-state index contributed by atoms with van der Waals surface area (Å²) < 4.78 is 5.01. The molecule has 2 nitrogen and oxygen atoms in total. The highest BCUT2D eigenvalue weighted by molar-refractivity contribution is 6.26. The van der Waals surface area contributed by atoms with Gasteiger partial charge in [-0.05, 0) is 12.5 Å². The van der Waals surface area contributed by atoms with Crippen LogP contribution in [0.5, 0.6) is 0 Å². The van der Waals surface area contributed by atoms with Crippen LogP contribution in [0.1, 0.15) is 18.6 Å². The van der Waals surface area contributed by atoms with Gasteiger partial charge < -0.3 is 4.74 Å². The largest absolute Gasteiger partial charge is 0.457 e. The molecule has 1 aromatic rings. The number of ether oxygens (including phenoxy) is 1. The SMILES string of the molecule is C[C@H](OC(=O)CCl)c1ccccc1. The Bertz CT molecular complexity index is 272. The molecule has 0 saturated heterocycles. The normalized spacial score (nSPS) is 12.2. The lowest BCUT2D eigenvalue weighted by Gasteiger charge is -2.11. The van der Waals surface area contributed by atoms with Gasteiger partial charge >= 0.3 is 5.97 Å². The predicted octanol–water partition coefficient (Wildman–Crippen LogP) is 2.53. The van der Waals surface area contributed by atoms with Crippen molar-refractivity contribution < 1.29 is 9.53 Å². The first-order valence-corrected chi connectivity index (χ1v) is 4.58. The van der Waals surface area contributed by atoms with Crippen LogP contribution < -0.4 is 0 Å². The van der Waals surface area contributed by atoms with E-state index in [1.807, 2.05) is 37.3 Å². The minimum absolute atomic E-state index is 0.100. The molecule has 13 heavy (non-hydrogen) atoms. The molecule has 1 aromatic carbocycles. The van der Waals surface area contributed by atoms with Crippen molar-refractivity contribution in [2.24, 2.45) is 0 Å². The molecular weight excluding hydrogens is 188 g/mol. The molecule has 0 aliphatic carbocycles. The van der Waals surface area contributed by atoms with E-state index in [0.29, 0.717) is 0 Å². The summed E-state index contributed by atoms with van der Waals surface area (Å²) in [7, 11) is 0. The highest BCUT2D eigenvalue weighted by atomic mass is 35.5. The van der Waals surface area contributed by atoms with E-state index in [-0.39, 0.29) is 12.0 Å². The van der Waals surface area contributed by atoms with Crippen LogP contribution in [0, 0.1) is 0 Å². The maximum atomic E-state index is 10.8. The van der Waals surface area contributed by atoms with Crippen LogP contribution in [0.2, 0.25) is 0 Å². The molecule has 0 aliphatic heterocycles. The Balaban J connectivity index is 2.59. The maximum absolute atomic E-state index is 10.8. The summed E-state index contributed by atoms with van der Waals surface area (Å²) in [4.78, 5) is 10.8. The summed E-state index contributed by atoms with van der Waals surface area (Å²) >= 11 is 5.31. The Kier molecular flexibility index (Phi) is 3.77. The summed E-state index contributed by atoms with van der Waals surface area (Å²) in [6.07, 6.45) is -0.229. The van der Waals surface area contributed by atoms with Gasteiger partial charge in [0, 0.05) is 0 Å². The number of benzene rings is 1. The van der Waals surface area contributed by atoms with Gasteiger partial charge in [0.2, 0.25) is 0 Å². The highest BCUT2D eigenvalue weighted by Crippen LogP contribution is 2.15. The van der Waals surface area contributed by atoms with Crippen molar-refractivity contribution in [3.63, 3.8) is 0 Å². The van der Waals surface area contributed by atoms with E-state index < -0.39 is 5.97 Å². The second-order valence-electron chi connectivity index (χ2n) is 2.68. The van der Waals surface area contributed by atoms with Gasteiger partial charge in [-0.1, -0.05) is 30.3 Å². The minimum atomic E-state index is -0.391. The fraction of sp³-hybridized carbons (Fsp3) is 0.300. The lowest BCUT2D eigenvalue weighted by molar-refractivity contribution is -0.145. The second-order valence-corrected chi connectivity index (χ2v) is 2.94. The van der Waals surface area contributed by atoms with Crippen LogP contribution in [-0.4, -0.2) is 11.8 Å². The minimum Gasteiger partial charge on any atom is -0.457 e. The number of hydrogen-bond donors (Lipinski definition) is 0. The van der Waals surface area contributed by atoms with Crippen molar-refractivity contribution in [3.05, 3.63) is 35.9 Å². The van der Waals surface area contributed by atoms with Crippen molar-refractivity contribution in [1.29, 1.82) is 0 Å². The highest BCUT2D eigenvalue weighted by Gasteiger charge is 2.09. The molecule has 0 radical (unpaired) electrons. The van der Waals surface area contributed by atoms with Gasteiger partial charge in [-0.2, -0.15) is 0 Å². The number of halogens is 1. The lowest BCUT2D eigenvalue weighted by atomic mass is 10.1. The third-order valence-electron chi connectivity index (χ3n) is 1.69. The van der Waals surface area contributed by atoms with E-state index >= 15 is 0 Å². The van der Waals surface area contributed by atoms with Crippen LogP contribution in [-0.2, 0) is 9.53 Å².